The summed E-state index contributed by atoms with van der Waals surface area (Å²) in [4.78, 5) is 24.1. The highest BCUT2D eigenvalue weighted by Crippen LogP contribution is 2.18. The number of urea groups is 1. The Kier molecular flexibility index (Phi) is 3.70. The first-order valence-corrected chi connectivity index (χ1v) is 5.91. The Bertz CT molecular complexity index is 487. The lowest BCUT2D eigenvalue weighted by atomic mass is 10.2. The van der Waals surface area contributed by atoms with Crippen LogP contribution in [0.5, 0.6) is 0 Å². The SMILES string of the molecule is Cn1nccc1CNC(=O)N1CC(O)C[C@H]1C(=O)O. The predicted molar refractivity (Wildman–Crippen MR) is 64.2 cm³/mol. The number of nitrogens with one attached hydrogen (secondary N) is 1. The molecule has 1 aromatic rings. The van der Waals surface area contributed by atoms with Crippen molar-refractivity contribution >= 4 is 12.0 Å². The molecule has 3 N–H and O–H groups in total. The maximum Gasteiger partial charge on any atom is 0.326 e. The van der Waals surface area contributed by atoms with Crippen LogP contribution in [0.4, 0.5) is 4.79 Å². The van der Waals surface area contributed by atoms with Crippen LogP contribution in [-0.2, 0) is 18.4 Å². The van der Waals surface area contributed by atoms with E-state index in [2.05, 4.69) is 10.4 Å². The second kappa shape index (κ2) is 5.27. The third-order valence-corrected chi connectivity index (χ3v) is 3.17. The smallest absolute Gasteiger partial charge is 0.326 e. The number of aliphatic carboxylic acids is 1. The zero-order valence-corrected chi connectivity index (χ0v) is 10.5. The Morgan fingerprint density at radius 1 is 1.58 bits per heavy atom. The number of β-amino-alcohol motifs (C(OH)–C–C–N with tert-alkyl or cyclic N) is 1. The van der Waals surface area contributed by atoms with E-state index in [9.17, 15) is 14.7 Å². The number of aliphatic hydroxyl groups is 1. The quantitative estimate of drug-likeness (QED) is 0.662. The molecule has 0 radical (unpaired) electrons. The number of hydrogen-bond acceptors (Lipinski definition) is 4. The maximum atomic E-state index is 11.9. The zero-order chi connectivity index (χ0) is 14.0. The van der Waals surface area contributed by atoms with Gasteiger partial charge in [0, 0.05) is 26.2 Å². The van der Waals surface area contributed by atoms with Crippen LogP contribution in [0.3, 0.4) is 0 Å². The van der Waals surface area contributed by atoms with Gasteiger partial charge in [-0.3, -0.25) is 4.68 Å². The lowest BCUT2D eigenvalue weighted by Crippen LogP contribution is -2.46. The van der Waals surface area contributed by atoms with Crippen molar-refractivity contribution in [3.8, 4) is 0 Å². The number of carbonyl (C=O) groups is 2. The Labute approximate surface area is 109 Å². The molecular formula is C11H16N4O4. The molecule has 1 aliphatic heterocycles. The number of amides is 2. The highest BCUT2D eigenvalue weighted by atomic mass is 16.4. The Hall–Kier alpha value is -2.09. The highest BCUT2D eigenvalue weighted by molar-refractivity contribution is 5.83. The minimum atomic E-state index is -1.10. The second-order valence-corrected chi connectivity index (χ2v) is 4.50. The van der Waals surface area contributed by atoms with Crippen molar-refractivity contribution in [2.75, 3.05) is 6.54 Å². The van der Waals surface area contributed by atoms with Crippen molar-refractivity contribution in [1.82, 2.24) is 20.0 Å². The van der Waals surface area contributed by atoms with Crippen LogP contribution >= 0.6 is 0 Å². The van der Waals surface area contributed by atoms with E-state index < -0.39 is 24.1 Å². The summed E-state index contributed by atoms with van der Waals surface area (Å²) in [6.07, 6.45) is 0.888. The summed E-state index contributed by atoms with van der Waals surface area (Å²) in [6.45, 7) is 0.294. The summed E-state index contributed by atoms with van der Waals surface area (Å²) in [5, 5.41) is 25.1. The number of nitrogens with zero attached hydrogens (tertiary/aromatic N) is 3. The van der Waals surface area contributed by atoms with Crippen LogP contribution in [0.2, 0.25) is 0 Å². The number of hydrogen-bond donors (Lipinski definition) is 3. The molecule has 0 aromatic carbocycles. The van der Waals surface area contributed by atoms with E-state index in [1.54, 1.807) is 24.0 Å². The molecule has 1 aliphatic rings. The van der Waals surface area contributed by atoms with Gasteiger partial charge in [0.1, 0.15) is 6.04 Å². The largest absolute Gasteiger partial charge is 0.480 e. The Balaban J connectivity index is 1.96. The zero-order valence-electron chi connectivity index (χ0n) is 10.5. The van der Waals surface area contributed by atoms with E-state index in [-0.39, 0.29) is 19.5 Å². The fourth-order valence-corrected chi connectivity index (χ4v) is 2.11. The maximum absolute atomic E-state index is 11.9. The van der Waals surface area contributed by atoms with Gasteiger partial charge in [-0.05, 0) is 6.07 Å². The predicted octanol–water partition coefficient (Wildman–Crippen LogP) is -0.850. The van der Waals surface area contributed by atoms with E-state index in [0.717, 1.165) is 10.6 Å². The number of carboxylic acid groups (broad SMARTS) is 1. The van der Waals surface area contributed by atoms with Gasteiger partial charge in [0.15, 0.2) is 0 Å². The number of aliphatic hydroxyl groups excluding tert-OH is 1. The fraction of sp³-hybridized carbons (Fsp3) is 0.545. The average molecular weight is 268 g/mol. The second-order valence-electron chi connectivity index (χ2n) is 4.50. The molecule has 8 heteroatoms. The van der Waals surface area contributed by atoms with Crippen LogP contribution in [0.25, 0.3) is 0 Å². The monoisotopic (exact) mass is 268 g/mol. The Morgan fingerprint density at radius 2 is 2.32 bits per heavy atom. The van der Waals surface area contributed by atoms with Crippen molar-refractivity contribution in [3.63, 3.8) is 0 Å². The first-order valence-electron chi connectivity index (χ1n) is 5.91. The summed E-state index contributed by atoms with van der Waals surface area (Å²) >= 11 is 0. The van der Waals surface area contributed by atoms with E-state index >= 15 is 0 Å². The molecule has 1 unspecified atom stereocenters. The number of aryl methyl sites for hydroxylation is 1. The number of carboxylic acids is 1. The molecule has 104 valence electrons. The first-order chi connectivity index (χ1) is 8.99. The molecular weight excluding hydrogens is 252 g/mol. The van der Waals surface area contributed by atoms with E-state index in [1.165, 1.54) is 0 Å². The van der Waals surface area contributed by atoms with Gasteiger partial charge in [-0.1, -0.05) is 0 Å². The molecule has 0 bridgehead atoms. The van der Waals surface area contributed by atoms with E-state index in [0.29, 0.717) is 0 Å². The summed E-state index contributed by atoms with van der Waals surface area (Å²) in [6, 6.07) is 0.292. The van der Waals surface area contributed by atoms with Crippen LogP contribution in [0.1, 0.15) is 12.1 Å². The Morgan fingerprint density at radius 3 is 2.89 bits per heavy atom. The molecule has 2 heterocycles. The van der Waals surface area contributed by atoms with Crippen molar-refractivity contribution in [2.45, 2.75) is 25.1 Å². The third-order valence-electron chi connectivity index (χ3n) is 3.17. The minimum absolute atomic E-state index is 0.0359. The average Bonchev–Trinajstić information content (AvgIpc) is 2.92. The summed E-state index contributed by atoms with van der Waals surface area (Å²) in [7, 11) is 1.75. The highest BCUT2D eigenvalue weighted by Gasteiger charge is 2.38. The molecule has 1 saturated heterocycles. The number of likely N-dealkylation sites (tertiary alicyclic amines) is 1. The van der Waals surface area contributed by atoms with Crippen molar-refractivity contribution in [1.29, 1.82) is 0 Å². The molecule has 0 aliphatic carbocycles. The van der Waals surface area contributed by atoms with Crippen LogP contribution in [0.15, 0.2) is 12.3 Å². The van der Waals surface area contributed by atoms with Crippen LogP contribution in [-0.4, -0.2) is 55.6 Å². The standard InChI is InChI=1S/C11H16N4O4/c1-14-7(2-3-13-14)5-12-11(19)15-6-8(16)4-9(15)10(17)18/h2-3,8-9,16H,4-6H2,1H3,(H,12,19)(H,17,18)/t8?,9-/m0/s1. The molecule has 2 rings (SSSR count). The number of rotatable bonds is 3. The number of aromatic nitrogens is 2. The molecule has 1 fully saturated rings. The first kappa shape index (κ1) is 13.3. The lowest BCUT2D eigenvalue weighted by molar-refractivity contribution is -0.141. The van der Waals surface area contributed by atoms with Crippen molar-refractivity contribution < 1.29 is 19.8 Å². The van der Waals surface area contributed by atoms with Crippen molar-refractivity contribution in [3.05, 3.63) is 18.0 Å². The van der Waals surface area contributed by atoms with Crippen molar-refractivity contribution in [2.24, 2.45) is 7.05 Å². The molecule has 2 atom stereocenters. The van der Waals surface area contributed by atoms with Gasteiger partial charge in [-0.25, -0.2) is 9.59 Å². The molecule has 0 spiro atoms. The summed E-state index contributed by atoms with van der Waals surface area (Å²) in [5.41, 5.74) is 0.806. The van der Waals surface area contributed by atoms with Gasteiger partial charge in [0.25, 0.3) is 0 Å². The molecule has 8 nitrogen and oxygen atoms in total. The van der Waals surface area contributed by atoms with Crippen LogP contribution < -0.4 is 5.32 Å². The fourth-order valence-electron chi connectivity index (χ4n) is 2.11. The van der Waals surface area contributed by atoms with Gasteiger partial charge in [-0.2, -0.15) is 5.10 Å². The molecule has 2 amide bonds. The molecule has 1 aromatic heterocycles. The van der Waals surface area contributed by atoms with Gasteiger partial charge in [0.2, 0.25) is 0 Å². The molecule has 0 saturated carbocycles. The number of carbonyl (C=O) groups excluding carboxylic acids is 1. The minimum Gasteiger partial charge on any atom is -0.480 e. The van der Waals surface area contributed by atoms with Gasteiger partial charge in [-0.15, -0.1) is 0 Å². The summed E-state index contributed by atoms with van der Waals surface area (Å²) < 4.78 is 1.62. The van der Waals surface area contributed by atoms with Crippen LogP contribution in [0, 0.1) is 0 Å². The lowest BCUT2D eigenvalue weighted by Gasteiger charge is -2.21. The normalized spacial score (nSPS) is 22.5. The van der Waals surface area contributed by atoms with Gasteiger partial charge in [0.05, 0.1) is 18.3 Å². The third kappa shape index (κ3) is 2.84. The van der Waals surface area contributed by atoms with Gasteiger partial charge < -0.3 is 20.4 Å². The topological polar surface area (TPSA) is 108 Å². The molecule has 19 heavy (non-hydrogen) atoms. The summed E-state index contributed by atoms with van der Waals surface area (Å²) in [5.74, 6) is -1.10. The van der Waals surface area contributed by atoms with E-state index in [4.69, 9.17) is 5.11 Å². The van der Waals surface area contributed by atoms with Gasteiger partial charge >= 0.3 is 12.0 Å². The van der Waals surface area contributed by atoms with E-state index in [1.807, 2.05) is 0 Å².